The van der Waals surface area contributed by atoms with Gasteiger partial charge in [-0.3, -0.25) is 0 Å². The van der Waals surface area contributed by atoms with Crippen molar-refractivity contribution in [3.63, 3.8) is 0 Å². The molecule has 0 fully saturated rings. The summed E-state index contributed by atoms with van der Waals surface area (Å²) in [6.07, 6.45) is -3.73. The van der Waals surface area contributed by atoms with Gasteiger partial charge in [-0.05, 0) is 18.7 Å². The first-order valence-corrected chi connectivity index (χ1v) is 4.87. The van der Waals surface area contributed by atoms with E-state index >= 15 is 0 Å². The number of nitrogens with one attached hydrogen (secondary N) is 1. The molecule has 2 nitrogen and oxygen atoms in total. The lowest BCUT2D eigenvalue weighted by Gasteiger charge is -2.18. The topological polar surface area (TPSA) is 25.2 Å². The molecule has 1 aromatic rings. The zero-order valence-corrected chi connectivity index (χ0v) is 8.69. The van der Waals surface area contributed by atoms with Crippen LogP contribution >= 0.6 is 0 Å². The molecule has 0 spiro atoms. The minimum atomic E-state index is -4.32. The predicted octanol–water partition coefficient (Wildman–Crippen LogP) is 3.05. The maximum atomic E-state index is 12.6. The van der Waals surface area contributed by atoms with Gasteiger partial charge in [-0.15, -0.1) is 0 Å². The van der Waals surface area contributed by atoms with E-state index in [1.54, 1.807) is 13.0 Å². The van der Waals surface area contributed by atoms with Crippen LogP contribution in [0.1, 0.15) is 31.4 Å². The zero-order valence-electron chi connectivity index (χ0n) is 8.69. The first kappa shape index (κ1) is 12.1. The molecule has 0 amide bonds. The molecule has 1 aromatic heterocycles. The third-order valence-corrected chi connectivity index (χ3v) is 2.05. The van der Waals surface area contributed by atoms with E-state index in [2.05, 4.69) is 5.32 Å². The summed E-state index contributed by atoms with van der Waals surface area (Å²) in [7, 11) is 0. The van der Waals surface area contributed by atoms with E-state index in [1.165, 1.54) is 6.07 Å². The standard InChI is InChI=1S/C10H14F3NO/c1-3-7-5-6-8(15-7)9(14-4-2)10(11,12)13/h5-6,9,14H,3-4H2,1-2H3. The number of alkyl halides is 3. The normalized spacial score (nSPS) is 14.2. The Kier molecular flexibility index (Phi) is 3.79. The molecule has 1 N–H and O–H groups in total. The van der Waals surface area contributed by atoms with Gasteiger partial charge in [-0.25, -0.2) is 0 Å². The molecule has 86 valence electrons. The number of aryl methyl sites for hydroxylation is 1. The van der Waals surface area contributed by atoms with Gasteiger partial charge in [-0.2, -0.15) is 13.2 Å². The smallest absolute Gasteiger partial charge is 0.410 e. The van der Waals surface area contributed by atoms with Crippen LogP contribution in [0.3, 0.4) is 0 Å². The highest BCUT2D eigenvalue weighted by molar-refractivity contribution is 5.12. The lowest BCUT2D eigenvalue weighted by molar-refractivity contribution is -0.161. The summed E-state index contributed by atoms with van der Waals surface area (Å²) in [5.41, 5.74) is 0. The van der Waals surface area contributed by atoms with Gasteiger partial charge in [-0.1, -0.05) is 13.8 Å². The van der Waals surface area contributed by atoms with Crippen molar-refractivity contribution in [2.75, 3.05) is 6.54 Å². The van der Waals surface area contributed by atoms with Crippen LogP contribution in [0.4, 0.5) is 13.2 Å². The van der Waals surface area contributed by atoms with Crippen molar-refractivity contribution in [3.05, 3.63) is 23.7 Å². The Bertz CT molecular complexity index is 306. The van der Waals surface area contributed by atoms with Gasteiger partial charge in [0.25, 0.3) is 0 Å². The molecule has 1 rings (SSSR count). The Hall–Kier alpha value is -0.970. The number of rotatable bonds is 4. The SMILES string of the molecule is CCNC(c1ccc(CC)o1)C(F)(F)F. The minimum Gasteiger partial charge on any atom is -0.464 e. The first-order chi connectivity index (χ1) is 6.99. The molecular weight excluding hydrogens is 207 g/mol. The second kappa shape index (κ2) is 4.70. The molecule has 5 heteroatoms. The molecule has 1 atom stereocenters. The Morgan fingerprint density at radius 2 is 2.00 bits per heavy atom. The average molecular weight is 221 g/mol. The van der Waals surface area contributed by atoms with Gasteiger partial charge in [0.2, 0.25) is 0 Å². The highest BCUT2D eigenvalue weighted by Crippen LogP contribution is 2.33. The van der Waals surface area contributed by atoms with Crippen molar-refractivity contribution < 1.29 is 17.6 Å². The molecule has 0 saturated heterocycles. The molecule has 0 saturated carbocycles. The van der Waals surface area contributed by atoms with Crippen LogP contribution < -0.4 is 5.32 Å². The molecule has 0 radical (unpaired) electrons. The molecule has 0 aliphatic carbocycles. The Morgan fingerprint density at radius 1 is 1.33 bits per heavy atom. The van der Waals surface area contributed by atoms with Crippen molar-refractivity contribution in [2.24, 2.45) is 0 Å². The molecule has 15 heavy (non-hydrogen) atoms. The van der Waals surface area contributed by atoms with Crippen molar-refractivity contribution in [1.29, 1.82) is 0 Å². The van der Waals surface area contributed by atoms with Crippen LogP contribution in [0.25, 0.3) is 0 Å². The van der Waals surface area contributed by atoms with E-state index < -0.39 is 12.2 Å². The summed E-state index contributed by atoms with van der Waals surface area (Å²) in [6.45, 7) is 3.70. The fraction of sp³-hybridized carbons (Fsp3) is 0.600. The summed E-state index contributed by atoms with van der Waals surface area (Å²) in [6, 6.07) is 1.24. The molecular formula is C10H14F3NO. The summed E-state index contributed by atoms with van der Waals surface area (Å²) in [5, 5.41) is 2.36. The van der Waals surface area contributed by atoms with Gasteiger partial charge in [0.05, 0.1) is 0 Å². The zero-order chi connectivity index (χ0) is 11.5. The van der Waals surface area contributed by atoms with Gasteiger partial charge in [0.1, 0.15) is 11.5 Å². The Morgan fingerprint density at radius 3 is 2.40 bits per heavy atom. The third kappa shape index (κ3) is 2.99. The highest BCUT2D eigenvalue weighted by atomic mass is 19.4. The van der Waals surface area contributed by atoms with Crippen LogP contribution in [-0.2, 0) is 6.42 Å². The third-order valence-electron chi connectivity index (χ3n) is 2.05. The largest absolute Gasteiger partial charge is 0.464 e. The monoisotopic (exact) mass is 221 g/mol. The first-order valence-electron chi connectivity index (χ1n) is 4.87. The summed E-state index contributed by atoms with van der Waals surface area (Å²) < 4.78 is 42.8. The van der Waals surface area contributed by atoms with E-state index in [0.29, 0.717) is 12.2 Å². The Labute approximate surface area is 86.5 Å². The quantitative estimate of drug-likeness (QED) is 0.845. The summed E-state index contributed by atoms with van der Waals surface area (Å²) in [5.74, 6) is 0.498. The second-order valence-corrected chi connectivity index (χ2v) is 3.19. The fourth-order valence-corrected chi connectivity index (χ4v) is 1.32. The van der Waals surface area contributed by atoms with Crippen LogP contribution in [0.2, 0.25) is 0 Å². The fourth-order valence-electron chi connectivity index (χ4n) is 1.32. The van der Waals surface area contributed by atoms with Crippen molar-refractivity contribution in [1.82, 2.24) is 5.32 Å². The van der Waals surface area contributed by atoms with Gasteiger partial charge in [0, 0.05) is 6.42 Å². The van der Waals surface area contributed by atoms with Gasteiger partial charge < -0.3 is 9.73 Å². The molecule has 0 aromatic carbocycles. The average Bonchev–Trinajstić information content (AvgIpc) is 2.60. The van der Waals surface area contributed by atoms with Crippen LogP contribution in [0.5, 0.6) is 0 Å². The van der Waals surface area contributed by atoms with E-state index in [1.807, 2.05) is 6.92 Å². The van der Waals surface area contributed by atoms with E-state index in [4.69, 9.17) is 4.42 Å². The number of halogens is 3. The lowest BCUT2D eigenvalue weighted by atomic mass is 10.2. The number of furan rings is 1. The van der Waals surface area contributed by atoms with Crippen LogP contribution in [0, 0.1) is 0 Å². The number of hydrogen-bond acceptors (Lipinski definition) is 2. The summed E-state index contributed by atoms with van der Waals surface area (Å²) >= 11 is 0. The Balaban J connectivity index is 2.88. The number of hydrogen-bond donors (Lipinski definition) is 1. The predicted molar refractivity (Wildman–Crippen MR) is 50.6 cm³/mol. The maximum absolute atomic E-state index is 12.6. The van der Waals surface area contributed by atoms with E-state index in [9.17, 15) is 13.2 Å². The molecule has 0 aliphatic rings. The highest BCUT2D eigenvalue weighted by Gasteiger charge is 2.42. The van der Waals surface area contributed by atoms with Crippen LogP contribution in [-0.4, -0.2) is 12.7 Å². The van der Waals surface area contributed by atoms with E-state index in [-0.39, 0.29) is 12.3 Å². The van der Waals surface area contributed by atoms with Crippen LogP contribution in [0.15, 0.2) is 16.5 Å². The maximum Gasteiger partial charge on any atom is 0.410 e. The van der Waals surface area contributed by atoms with Crippen molar-refractivity contribution in [2.45, 2.75) is 32.5 Å². The molecule has 0 aliphatic heterocycles. The molecule has 0 bridgehead atoms. The van der Waals surface area contributed by atoms with Gasteiger partial charge in [0.15, 0.2) is 6.04 Å². The molecule has 1 heterocycles. The lowest BCUT2D eigenvalue weighted by Crippen LogP contribution is -2.33. The van der Waals surface area contributed by atoms with Gasteiger partial charge >= 0.3 is 6.18 Å². The van der Waals surface area contributed by atoms with Crippen molar-refractivity contribution in [3.8, 4) is 0 Å². The van der Waals surface area contributed by atoms with Crippen molar-refractivity contribution >= 4 is 0 Å². The summed E-state index contributed by atoms with van der Waals surface area (Å²) in [4.78, 5) is 0. The molecule has 1 unspecified atom stereocenters. The minimum absolute atomic E-state index is 0.0683. The van der Waals surface area contributed by atoms with E-state index in [0.717, 1.165) is 0 Å². The second-order valence-electron chi connectivity index (χ2n) is 3.19.